The average molecular weight is 602 g/mol. The number of hydrogen-bond donors (Lipinski definition) is 1. The highest BCUT2D eigenvalue weighted by Crippen LogP contribution is 2.60. The molecule has 5 aliphatic rings. The summed E-state index contributed by atoms with van der Waals surface area (Å²) >= 11 is 0. The van der Waals surface area contributed by atoms with Gasteiger partial charge in [0.25, 0.3) is 0 Å². The van der Waals surface area contributed by atoms with Crippen molar-refractivity contribution >= 4 is 37.3 Å². The van der Waals surface area contributed by atoms with Crippen LogP contribution < -0.4 is 14.4 Å². The van der Waals surface area contributed by atoms with Crippen LogP contribution >= 0.6 is 0 Å². The molecule has 0 unspecified atom stereocenters. The van der Waals surface area contributed by atoms with Crippen LogP contribution in [0.3, 0.4) is 0 Å². The lowest BCUT2D eigenvalue weighted by atomic mass is 9.48. The Morgan fingerprint density at radius 2 is 1.54 bits per heavy atom. The van der Waals surface area contributed by atoms with Crippen molar-refractivity contribution in [1.29, 1.82) is 0 Å². The molecule has 0 radical (unpaired) electrons. The van der Waals surface area contributed by atoms with Crippen LogP contribution in [-0.2, 0) is 30.3 Å². The minimum absolute atomic E-state index is 0.0516. The Labute approximate surface area is 243 Å². The molecular formula is C30H39N3O6S2. The Morgan fingerprint density at radius 3 is 2.07 bits per heavy atom. The largest absolute Gasteiger partial charge is 0.495 e. The lowest BCUT2D eigenvalue weighted by molar-refractivity contribution is -0.114. The summed E-state index contributed by atoms with van der Waals surface area (Å²) < 4.78 is 59.7. The van der Waals surface area contributed by atoms with E-state index < -0.39 is 32.5 Å². The third-order valence-corrected chi connectivity index (χ3v) is 12.7. The molecule has 41 heavy (non-hydrogen) atoms. The zero-order valence-corrected chi connectivity index (χ0v) is 25.3. The van der Waals surface area contributed by atoms with Crippen LogP contribution in [0.2, 0.25) is 0 Å². The van der Waals surface area contributed by atoms with Crippen molar-refractivity contribution in [3.8, 4) is 5.75 Å². The van der Waals surface area contributed by atoms with E-state index in [2.05, 4.69) is 5.32 Å². The number of nitrogens with zero attached hydrogens (tertiary/aromatic N) is 2. The van der Waals surface area contributed by atoms with E-state index in [0.717, 1.165) is 41.2 Å². The van der Waals surface area contributed by atoms with Crippen LogP contribution in [0.15, 0.2) is 47.4 Å². The van der Waals surface area contributed by atoms with Crippen LogP contribution in [0.5, 0.6) is 5.75 Å². The van der Waals surface area contributed by atoms with Crippen LogP contribution in [0.25, 0.3) is 0 Å². The minimum atomic E-state index is -3.78. The Hall–Kier alpha value is -2.63. The van der Waals surface area contributed by atoms with Gasteiger partial charge >= 0.3 is 0 Å². The first-order valence-corrected chi connectivity index (χ1v) is 17.8. The van der Waals surface area contributed by atoms with Gasteiger partial charge in [-0.05, 0) is 110 Å². The predicted molar refractivity (Wildman–Crippen MR) is 158 cm³/mol. The zero-order chi connectivity index (χ0) is 29.0. The second-order valence-corrected chi connectivity index (χ2v) is 16.4. The minimum Gasteiger partial charge on any atom is -0.495 e. The van der Waals surface area contributed by atoms with Gasteiger partial charge in [-0.15, -0.1) is 0 Å². The highest BCUT2D eigenvalue weighted by Gasteiger charge is 2.51. The number of anilines is 2. The van der Waals surface area contributed by atoms with Crippen molar-refractivity contribution in [3.63, 3.8) is 0 Å². The molecule has 4 bridgehead atoms. The normalized spacial score (nSPS) is 27.6. The summed E-state index contributed by atoms with van der Waals surface area (Å²) in [5.41, 5.74) is 2.06. The number of nitrogens with one attached hydrogen (secondary N) is 1. The van der Waals surface area contributed by atoms with E-state index >= 15 is 0 Å². The molecule has 0 spiro atoms. The Bertz CT molecular complexity index is 1500. The fraction of sp³-hybridized carbons (Fsp3) is 0.567. The molecule has 2 aromatic carbocycles. The lowest BCUT2D eigenvalue weighted by Gasteiger charge is -2.57. The maximum Gasteiger partial charge on any atom is 0.245 e. The molecule has 11 heteroatoms. The molecule has 1 aliphatic heterocycles. The topological polar surface area (TPSA) is 113 Å². The third-order valence-electron chi connectivity index (χ3n) is 9.64. The zero-order valence-electron chi connectivity index (χ0n) is 23.7. The summed E-state index contributed by atoms with van der Waals surface area (Å²) in [6.07, 6.45) is 10.4. The number of ether oxygens (including phenoxy) is 1. The fourth-order valence-electron chi connectivity index (χ4n) is 8.19. The molecule has 0 aromatic heterocycles. The number of benzene rings is 2. The third kappa shape index (κ3) is 5.48. The number of amides is 1. The molecule has 4 saturated carbocycles. The standard InChI is InChI=1S/C30H39N3O6S2/c1-39-28-10-9-26(41(37,38)32-11-3-4-12-32)16-27(28)31-29(34)20-33(40(2,35)36)25-7-5-24(6-8-25)30-17-21-13-22(18-30)15-23(14-21)19-30/h5-10,16,21-23H,3-4,11-15,17-20H2,1-2H3,(H,31,34). The smallest absolute Gasteiger partial charge is 0.245 e. The molecule has 0 atom stereocenters. The van der Waals surface area contributed by atoms with Crippen molar-refractivity contribution in [2.75, 3.05) is 42.6 Å². The second kappa shape index (κ2) is 10.6. The average Bonchev–Trinajstić information content (AvgIpc) is 3.47. The van der Waals surface area contributed by atoms with Crippen LogP contribution in [0, 0.1) is 17.8 Å². The van der Waals surface area contributed by atoms with E-state index in [-0.39, 0.29) is 21.7 Å². The molecule has 9 nitrogen and oxygen atoms in total. The second-order valence-electron chi connectivity index (χ2n) is 12.5. The predicted octanol–water partition coefficient (Wildman–Crippen LogP) is 4.35. The summed E-state index contributed by atoms with van der Waals surface area (Å²) in [5, 5.41) is 2.68. The first-order chi connectivity index (χ1) is 19.5. The SMILES string of the molecule is COc1ccc(S(=O)(=O)N2CCCC2)cc1NC(=O)CN(c1ccc(C23CC4CC(CC(C4)C2)C3)cc1)S(C)(=O)=O. The van der Waals surface area contributed by atoms with E-state index in [4.69, 9.17) is 4.74 Å². The van der Waals surface area contributed by atoms with Gasteiger partial charge in [-0.25, -0.2) is 16.8 Å². The Balaban J connectivity index is 1.21. The molecule has 1 heterocycles. The summed E-state index contributed by atoms with van der Waals surface area (Å²) in [7, 11) is -6.07. The van der Waals surface area contributed by atoms with Crippen LogP contribution in [-0.4, -0.2) is 60.0 Å². The molecule has 1 saturated heterocycles. The number of rotatable bonds is 9. The van der Waals surface area contributed by atoms with Gasteiger partial charge in [0.15, 0.2) is 0 Å². The number of sulfonamides is 2. The number of carbonyl (C=O) groups excluding carboxylic acids is 1. The van der Waals surface area contributed by atoms with Crippen LogP contribution in [0.1, 0.15) is 56.9 Å². The fourth-order valence-corrected chi connectivity index (χ4v) is 10.6. The van der Waals surface area contributed by atoms with Crippen molar-refractivity contribution in [2.45, 2.75) is 61.7 Å². The van der Waals surface area contributed by atoms with Gasteiger partial charge in [0.05, 0.1) is 29.6 Å². The monoisotopic (exact) mass is 601 g/mol. The van der Waals surface area contributed by atoms with Gasteiger partial charge < -0.3 is 10.1 Å². The summed E-state index contributed by atoms with van der Waals surface area (Å²) in [6.45, 7) is 0.462. The summed E-state index contributed by atoms with van der Waals surface area (Å²) in [6, 6.07) is 12.0. The lowest BCUT2D eigenvalue weighted by Crippen LogP contribution is -2.48. The molecule has 222 valence electrons. The molecule has 4 aliphatic carbocycles. The van der Waals surface area contributed by atoms with Gasteiger partial charge in [0.1, 0.15) is 12.3 Å². The molecule has 1 amide bonds. The van der Waals surface area contributed by atoms with Crippen molar-refractivity contribution in [3.05, 3.63) is 48.0 Å². The first-order valence-electron chi connectivity index (χ1n) is 14.5. The quantitative estimate of drug-likeness (QED) is 0.457. The van der Waals surface area contributed by atoms with Crippen molar-refractivity contribution in [1.82, 2.24) is 4.31 Å². The molecular weight excluding hydrogens is 562 g/mol. The van der Waals surface area contributed by atoms with Crippen molar-refractivity contribution < 1.29 is 26.4 Å². The van der Waals surface area contributed by atoms with E-state index in [9.17, 15) is 21.6 Å². The molecule has 1 N–H and O–H groups in total. The van der Waals surface area contributed by atoms with Gasteiger partial charge in [0, 0.05) is 13.1 Å². The van der Waals surface area contributed by atoms with Crippen LogP contribution in [0.4, 0.5) is 11.4 Å². The maximum absolute atomic E-state index is 13.2. The van der Waals surface area contributed by atoms with E-state index in [0.29, 0.717) is 18.8 Å². The Kier molecular flexibility index (Phi) is 7.35. The Morgan fingerprint density at radius 1 is 0.951 bits per heavy atom. The molecule has 2 aromatic rings. The number of carbonyl (C=O) groups is 1. The van der Waals surface area contributed by atoms with Crippen molar-refractivity contribution in [2.24, 2.45) is 17.8 Å². The number of methoxy groups -OCH3 is 1. The van der Waals surface area contributed by atoms with E-state index in [1.807, 2.05) is 24.3 Å². The van der Waals surface area contributed by atoms with E-state index in [1.54, 1.807) is 0 Å². The summed E-state index contributed by atoms with van der Waals surface area (Å²) in [5.74, 6) is 2.09. The first kappa shape index (κ1) is 28.5. The molecule has 7 rings (SSSR count). The van der Waals surface area contributed by atoms with Gasteiger partial charge in [-0.2, -0.15) is 4.31 Å². The van der Waals surface area contributed by atoms with E-state index in [1.165, 1.54) is 73.7 Å². The highest BCUT2D eigenvalue weighted by atomic mass is 32.2. The molecule has 5 fully saturated rings. The highest BCUT2D eigenvalue weighted by molar-refractivity contribution is 7.92. The summed E-state index contributed by atoms with van der Waals surface area (Å²) in [4.78, 5) is 13.2. The van der Waals surface area contributed by atoms with Gasteiger partial charge in [0.2, 0.25) is 26.0 Å². The van der Waals surface area contributed by atoms with Gasteiger partial charge in [-0.1, -0.05) is 12.1 Å². The maximum atomic E-state index is 13.2. The number of hydrogen-bond acceptors (Lipinski definition) is 6. The van der Waals surface area contributed by atoms with Gasteiger partial charge in [-0.3, -0.25) is 9.10 Å².